The van der Waals surface area contributed by atoms with E-state index in [1.165, 1.54) is 0 Å². The van der Waals surface area contributed by atoms with Crippen LogP contribution in [0.25, 0.3) is 10.9 Å². The van der Waals surface area contributed by atoms with Crippen molar-refractivity contribution in [2.24, 2.45) is 17.6 Å². The summed E-state index contributed by atoms with van der Waals surface area (Å²) in [7, 11) is 1.56. The predicted molar refractivity (Wildman–Crippen MR) is 127 cm³/mol. The lowest BCUT2D eigenvalue weighted by atomic mass is 9.93. The number of hydrogen-bond donors (Lipinski definition) is 5. The molecule has 10 nitrogen and oxygen atoms in total. The highest BCUT2D eigenvalue weighted by atomic mass is 16.5. The molecule has 0 aliphatic carbocycles. The lowest BCUT2D eigenvalue weighted by molar-refractivity contribution is -0.126. The van der Waals surface area contributed by atoms with Gasteiger partial charge in [0.15, 0.2) is 0 Å². The molecule has 2 heterocycles. The molecule has 0 bridgehead atoms. The van der Waals surface area contributed by atoms with E-state index in [0.29, 0.717) is 30.8 Å². The maximum atomic E-state index is 13.2. The summed E-state index contributed by atoms with van der Waals surface area (Å²) in [5.41, 5.74) is 6.98. The maximum Gasteiger partial charge on any atom is 0.268 e. The van der Waals surface area contributed by atoms with Crippen molar-refractivity contribution in [1.29, 1.82) is 5.26 Å². The van der Waals surface area contributed by atoms with Crippen LogP contribution in [0.15, 0.2) is 24.3 Å². The Balaban J connectivity index is 1.75. The molecule has 0 spiro atoms. The lowest BCUT2D eigenvalue weighted by Crippen LogP contribution is -2.55. The first-order valence-corrected chi connectivity index (χ1v) is 11.4. The number of hydrogen-bond acceptors (Lipinski definition) is 6. The van der Waals surface area contributed by atoms with Gasteiger partial charge in [0.1, 0.15) is 23.5 Å². The van der Waals surface area contributed by atoms with E-state index in [0.717, 1.165) is 10.9 Å². The number of nitriles is 1. The van der Waals surface area contributed by atoms with E-state index >= 15 is 0 Å². The Morgan fingerprint density at radius 3 is 2.71 bits per heavy atom. The first kappa shape index (κ1) is 25.1. The van der Waals surface area contributed by atoms with Crippen molar-refractivity contribution < 1.29 is 19.1 Å². The van der Waals surface area contributed by atoms with Crippen LogP contribution in [-0.4, -0.2) is 54.5 Å². The van der Waals surface area contributed by atoms with Gasteiger partial charge in [0.2, 0.25) is 11.8 Å². The standard InChI is InChI=1S/C24H32N6O4/c1-13(2)9-19(23(32)29-18(16(26)12-25)10-14-7-8-27-22(14)31)30-24(33)20-11-15-17(28-20)5-4-6-21(15)34-3/h4-6,11,13-14,16,18-19,28H,7-10,26H2,1-3H3,(H,27,31)(H,29,32)(H,30,33). The minimum absolute atomic E-state index is 0.106. The minimum Gasteiger partial charge on any atom is -0.496 e. The number of fused-ring (bicyclic) bond motifs is 1. The third-order valence-corrected chi connectivity index (χ3v) is 6.03. The Labute approximate surface area is 198 Å². The van der Waals surface area contributed by atoms with Gasteiger partial charge in [-0.05, 0) is 43.4 Å². The van der Waals surface area contributed by atoms with E-state index in [9.17, 15) is 19.6 Å². The van der Waals surface area contributed by atoms with Crippen molar-refractivity contribution >= 4 is 28.6 Å². The van der Waals surface area contributed by atoms with Gasteiger partial charge in [-0.2, -0.15) is 5.26 Å². The highest BCUT2D eigenvalue weighted by Crippen LogP contribution is 2.26. The van der Waals surface area contributed by atoms with E-state index in [2.05, 4.69) is 20.9 Å². The summed E-state index contributed by atoms with van der Waals surface area (Å²) in [5.74, 6) is -0.550. The van der Waals surface area contributed by atoms with Gasteiger partial charge < -0.3 is 31.4 Å². The number of H-pyrrole nitrogens is 1. The van der Waals surface area contributed by atoms with Crippen LogP contribution in [0.3, 0.4) is 0 Å². The second-order valence-electron chi connectivity index (χ2n) is 9.04. The van der Waals surface area contributed by atoms with Crippen LogP contribution in [0, 0.1) is 23.2 Å². The molecule has 34 heavy (non-hydrogen) atoms. The SMILES string of the molecule is COc1cccc2[nH]c(C(=O)NC(CC(C)C)C(=O)NC(CC3CCNC3=O)C(N)C#N)cc12. The quantitative estimate of drug-likeness (QED) is 0.352. The van der Waals surface area contributed by atoms with E-state index < -0.39 is 29.9 Å². The van der Waals surface area contributed by atoms with E-state index in [1.807, 2.05) is 32.0 Å². The molecule has 1 aromatic carbocycles. The summed E-state index contributed by atoms with van der Waals surface area (Å²) >= 11 is 0. The van der Waals surface area contributed by atoms with Crippen molar-refractivity contribution in [2.45, 2.75) is 51.2 Å². The highest BCUT2D eigenvalue weighted by Gasteiger charge is 2.33. The van der Waals surface area contributed by atoms with Gasteiger partial charge in [-0.25, -0.2) is 0 Å². The largest absolute Gasteiger partial charge is 0.496 e. The fraction of sp³-hybridized carbons (Fsp3) is 0.500. The third-order valence-electron chi connectivity index (χ3n) is 6.03. The zero-order valence-electron chi connectivity index (χ0n) is 19.7. The Morgan fingerprint density at radius 1 is 1.32 bits per heavy atom. The third kappa shape index (κ3) is 5.85. The molecule has 2 aromatic rings. The summed E-state index contributed by atoms with van der Waals surface area (Å²) in [5, 5.41) is 18.5. The molecular formula is C24H32N6O4. The number of benzene rings is 1. The molecule has 10 heteroatoms. The Morgan fingerprint density at radius 2 is 2.09 bits per heavy atom. The fourth-order valence-electron chi connectivity index (χ4n) is 4.21. The van der Waals surface area contributed by atoms with Crippen molar-refractivity contribution in [3.63, 3.8) is 0 Å². The van der Waals surface area contributed by atoms with E-state index in [1.54, 1.807) is 19.2 Å². The molecule has 182 valence electrons. The summed E-state index contributed by atoms with van der Waals surface area (Å²) in [6.07, 6.45) is 1.27. The topological polar surface area (TPSA) is 162 Å². The molecule has 4 atom stereocenters. The van der Waals surface area contributed by atoms with Crippen LogP contribution in [0.4, 0.5) is 0 Å². The van der Waals surface area contributed by atoms with Crippen molar-refractivity contribution in [3.8, 4) is 11.8 Å². The number of carbonyl (C=O) groups is 3. The minimum atomic E-state index is -0.978. The number of ether oxygens (including phenoxy) is 1. The van der Waals surface area contributed by atoms with Gasteiger partial charge in [-0.3, -0.25) is 14.4 Å². The van der Waals surface area contributed by atoms with Gasteiger partial charge in [0.05, 0.1) is 19.2 Å². The second-order valence-corrected chi connectivity index (χ2v) is 9.04. The summed E-state index contributed by atoms with van der Waals surface area (Å²) < 4.78 is 5.35. The fourth-order valence-corrected chi connectivity index (χ4v) is 4.21. The molecule has 4 unspecified atom stereocenters. The molecule has 1 fully saturated rings. The molecule has 1 saturated heterocycles. The molecule has 3 amide bonds. The van der Waals surface area contributed by atoms with Gasteiger partial charge in [-0.15, -0.1) is 0 Å². The number of rotatable bonds is 10. The van der Waals surface area contributed by atoms with Crippen LogP contribution in [0.1, 0.15) is 43.6 Å². The zero-order valence-corrected chi connectivity index (χ0v) is 19.7. The number of amides is 3. The van der Waals surface area contributed by atoms with Crippen LogP contribution in [0.2, 0.25) is 0 Å². The maximum absolute atomic E-state index is 13.2. The van der Waals surface area contributed by atoms with Crippen LogP contribution < -0.4 is 26.4 Å². The first-order chi connectivity index (χ1) is 16.2. The van der Waals surface area contributed by atoms with Crippen molar-refractivity contribution in [3.05, 3.63) is 30.0 Å². The molecule has 1 aliphatic rings. The van der Waals surface area contributed by atoms with Crippen molar-refractivity contribution in [2.75, 3.05) is 13.7 Å². The Hall–Kier alpha value is -3.58. The number of methoxy groups -OCH3 is 1. The molecule has 1 aliphatic heterocycles. The summed E-state index contributed by atoms with van der Waals surface area (Å²) in [6, 6.07) is 6.56. The van der Waals surface area contributed by atoms with Gasteiger partial charge in [0, 0.05) is 23.4 Å². The number of nitrogens with zero attached hydrogens (tertiary/aromatic N) is 1. The monoisotopic (exact) mass is 468 g/mol. The number of carbonyl (C=O) groups excluding carboxylic acids is 3. The Kier molecular flexibility index (Phi) is 8.12. The lowest BCUT2D eigenvalue weighted by Gasteiger charge is -2.26. The van der Waals surface area contributed by atoms with Gasteiger partial charge in [0.25, 0.3) is 5.91 Å². The smallest absolute Gasteiger partial charge is 0.268 e. The molecule has 3 rings (SSSR count). The normalized spacial score (nSPS) is 18.1. The number of aromatic nitrogens is 1. The molecular weight excluding hydrogens is 436 g/mol. The molecule has 0 radical (unpaired) electrons. The summed E-state index contributed by atoms with van der Waals surface area (Å²) in [4.78, 5) is 41.2. The number of nitrogens with one attached hydrogen (secondary N) is 4. The van der Waals surface area contributed by atoms with Crippen molar-refractivity contribution in [1.82, 2.24) is 20.9 Å². The number of nitrogens with two attached hydrogens (primary N) is 1. The first-order valence-electron chi connectivity index (χ1n) is 11.4. The average Bonchev–Trinajstić information content (AvgIpc) is 3.43. The van der Waals surface area contributed by atoms with E-state index in [4.69, 9.17) is 10.5 Å². The zero-order chi connectivity index (χ0) is 24.8. The molecule has 0 saturated carbocycles. The van der Waals surface area contributed by atoms with Crippen LogP contribution in [0.5, 0.6) is 5.75 Å². The molecule has 6 N–H and O–H groups in total. The van der Waals surface area contributed by atoms with Gasteiger partial charge in [-0.1, -0.05) is 19.9 Å². The number of aromatic amines is 1. The van der Waals surface area contributed by atoms with Crippen LogP contribution in [-0.2, 0) is 9.59 Å². The van der Waals surface area contributed by atoms with Gasteiger partial charge >= 0.3 is 0 Å². The van der Waals surface area contributed by atoms with E-state index in [-0.39, 0.29) is 24.2 Å². The molecule has 1 aromatic heterocycles. The van der Waals surface area contributed by atoms with Crippen LogP contribution >= 0.6 is 0 Å². The summed E-state index contributed by atoms with van der Waals surface area (Å²) in [6.45, 7) is 4.45. The second kappa shape index (κ2) is 11.0. The highest BCUT2D eigenvalue weighted by molar-refractivity contribution is 6.01. The Bertz CT molecular complexity index is 1090. The predicted octanol–water partition coefficient (Wildman–Crippen LogP) is 1.18. The average molecular weight is 469 g/mol.